The largest absolute Gasteiger partial charge is 0.339 e. The predicted molar refractivity (Wildman–Crippen MR) is 74.3 cm³/mol. The van der Waals surface area contributed by atoms with Crippen LogP contribution in [0.2, 0.25) is 0 Å². The number of carbonyl (C=O) groups is 1. The average Bonchev–Trinajstić information content (AvgIpc) is 2.84. The third-order valence-electron chi connectivity index (χ3n) is 3.76. The van der Waals surface area contributed by atoms with Gasteiger partial charge in [0.2, 0.25) is 5.91 Å². The molecule has 98 valence electrons. The molecule has 1 aromatic rings. The molecule has 1 aromatic carbocycles. The van der Waals surface area contributed by atoms with Gasteiger partial charge < -0.3 is 4.90 Å². The molecule has 0 bridgehead atoms. The molecule has 1 atom stereocenters. The van der Waals surface area contributed by atoms with Crippen LogP contribution < -0.4 is 0 Å². The molecule has 2 nitrogen and oxygen atoms in total. The summed E-state index contributed by atoms with van der Waals surface area (Å²) in [4.78, 5) is 14.2. The molecule has 0 spiro atoms. The molecule has 0 N–H and O–H groups in total. The second-order valence-corrected chi connectivity index (χ2v) is 5.51. The lowest BCUT2D eigenvalue weighted by Gasteiger charge is -2.26. The highest BCUT2D eigenvalue weighted by atomic mass is 16.2. The Morgan fingerprint density at radius 3 is 2.72 bits per heavy atom. The summed E-state index contributed by atoms with van der Waals surface area (Å²) < 4.78 is 0. The van der Waals surface area contributed by atoms with Crippen molar-refractivity contribution >= 4 is 5.91 Å². The summed E-state index contributed by atoms with van der Waals surface area (Å²) in [6.45, 7) is 4.94. The molecule has 1 unspecified atom stereocenters. The van der Waals surface area contributed by atoms with Crippen molar-refractivity contribution in [1.29, 1.82) is 0 Å². The minimum atomic E-state index is 0.127. The van der Waals surface area contributed by atoms with Gasteiger partial charge in [0.05, 0.1) is 0 Å². The van der Waals surface area contributed by atoms with Gasteiger partial charge in [-0.1, -0.05) is 44.2 Å². The normalized spacial score (nSPS) is 19.5. The van der Waals surface area contributed by atoms with Crippen molar-refractivity contribution in [3.8, 4) is 0 Å². The maximum absolute atomic E-state index is 12.1. The lowest BCUT2D eigenvalue weighted by Crippen LogP contribution is -2.38. The Morgan fingerprint density at radius 1 is 1.33 bits per heavy atom. The SMILES string of the molecule is CC(C)C(=O)N1CCCC1CCc1ccccc1. The number of carbonyl (C=O) groups excluding carboxylic acids is 1. The minimum Gasteiger partial charge on any atom is -0.339 e. The van der Waals surface area contributed by atoms with Gasteiger partial charge in [-0.15, -0.1) is 0 Å². The van der Waals surface area contributed by atoms with Gasteiger partial charge in [-0.3, -0.25) is 4.79 Å². The van der Waals surface area contributed by atoms with E-state index < -0.39 is 0 Å². The van der Waals surface area contributed by atoms with Crippen LogP contribution in [0.3, 0.4) is 0 Å². The van der Waals surface area contributed by atoms with Crippen LogP contribution >= 0.6 is 0 Å². The van der Waals surface area contributed by atoms with E-state index in [4.69, 9.17) is 0 Å². The van der Waals surface area contributed by atoms with E-state index in [0.29, 0.717) is 11.9 Å². The maximum Gasteiger partial charge on any atom is 0.225 e. The molecular formula is C16H23NO. The first-order chi connectivity index (χ1) is 8.68. The summed E-state index contributed by atoms with van der Waals surface area (Å²) in [7, 11) is 0. The number of hydrogen-bond acceptors (Lipinski definition) is 1. The van der Waals surface area contributed by atoms with Crippen molar-refractivity contribution in [2.45, 2.75) is 45.6 Å². The Labute approximate surface area is 110 Å². The fourth-order valence-corrected chi connectivity index (χ4v) is 2.74. The molecule has 1 aliphatic heterocycles. The molecule has 0 aliphatic carbocycles. The molecule has 2 rings (SSSR count). The van der Waals surface area contributed by atoms with Gasteiger partial charge in [-0.2, -0.15) is 0 Å². The zero-order chi connectivity index (χ0) is 13.0. The number of amides is 1. The lowest BCUT2D eigenvalue weighted by atomic mass is 10.0. The second kappa shape index (κ2) is 6.03. The van der Waals surface area contributed by atoms with Crippen molar-refractivity contribution < 1.29 is 4.79 Å². The highest BCUT2D eigenvalue weighted by Crippen LogP contribution is 2.23. The number of rotatable bonds is 4. The van der Waals surface area contributed by atoms with E-state index in [0.717, 1.165) is 25.8 Å². The van der Waals surface area contributed by atoms with Crippen LogP contribution in [0.15, 0.2) is 30.3 Å². The first-order valence-corrected chi connectivity index (χ1v) is 7.03. The number of nitrogens with zero attached hydrogens (tertiary/aromatic N) is 1. The standard InChI is InChI=1S/C16H23NO/c1-13(2)16(18)17-12-6-9-15(17)11-10-14-7-4-3-5-8-14/h3-5,7-8,13,15H,6,9-12H2,1-2H3. The highest BCUT2D eigenvalue weighted by molar-refractivity contribution is 5.78. The van der Waals surface area contributed by atoms with Gasteiger partial charge >= 0.3 is 0 Å². The zero-order valence-electron chi connectivity index (χ0n) is 11.4. The van der Waals surface area contributed by atoms with Crippen molar-refractivity contribution in [2.75, 3.05) is 6.54 Å². The number of hydrogen-bond donors (Lipinski definition) is 0. The number of benzene rings is 1. The van der Waals surface area contributed by atoms with Gasteiger partial charge in [0.25, 0.3) is 0 Å². The summed E-state index contributed by atoms with van der Waals surface area (Å²) >= 11 is 0. The average molecular weight is 245 g/mol. The summed E-state index contributed by atoms with van der Waals surface area (Å²) in [6, 6.07) is 11.0. The molecule has 1 aliphatic rings. The predicted octanol–water partition coefficient (Wildman–Crippen LogP) is 3.27. The second-order valence-electron chi connectivity index (χ2n) is 5.51. The van der Waals surface area contributed by atoms with E-state index in [1.165, 1.54) is 12.0 Å². The van der Waals surface area contributed by atoms with E-state index in [1.807, 2.05) is 19.9 Å². The quantitative estimate of drug-likeness (QED) is 0.797. The molecule has 0 saturated carbocycles. The van der Waals surface area contributed by atoms with Crippen molar-refractivity contribution in [3.05, 3.63) is 35.9 Å². The monoisotopic (exact) mass is 245 g/mol. The van der Waals surface area contributed by atoms with Crippen LogP contribution in [-0.2, 0) is 11.2 Å². The van der Waals surface area contributed by atoms with E-state index in [2.05, 4.69) is 29.2 Å². The van der Waals surface area contributed by atoms with Crippen LogP contribution in [0.25, 0.3) is 0 Å². The summed E-state index contributed by atoms with van der Waals surface area (Å²) in [5.41, 5.74) is 1.38. The van der Waals surface area contributed by atoms with Crippen LogP contribution in [0.5, 0.6) is 0 Å². The Hall–Kier alpha value is -1.31. The van der Waals surface area contributed by atoms with Gasteiger partial charge in [0.1, 0.15) is 0 Å². The maximum atomic E-state index is 12.1. The van der Waals surface area contributed by atoms with E-state index in [-0.39, 0.29) is 5.92 Å². The molecule has 0 radical (unpaired) electrons. The van der Waals surface area contributed by atoms with Crippen LogP contribution in [0.4, 0.5) is 0 Å². The highest BCUT2D eigenvalue weighted by Gasteiger charge is 2.29. The van der Waals surface area contributed by atoms with Gasteiger partial charge in [-0.25, -0.2) is 0 Å². The molecule has 0 aromatic heterocycles. The Morgan fingerprint density at radius 2 is 2.06 bits per heavy atom. The molecule has 18 heavy (non-hydrogen) atoms. The van der Waals surface area contributed by atoms with Crippen molar-refractivity contribution in [1.82, 2.24) is 4.90 Å². The van der Waals surface area contributed by atoms with Crippen molar-refractivity contribution in [3.63, 3.8) is 0 Å². The first kappa shape index (κ1) is 13.1. The Bertz CT molecular complexity index is 385. The van der Waals surface area contributed by atoms with Gasteiger partial charge in [0, 0.05) is 18.5 Å². The molecule has 1 amide bonds. The number of aryl methyl sites for hydroxylation is 1. The van der Waals surface area contributed by atoms with E-state index in [9.17, 15) is 4.79 Å². The minimum absolute atomic E-state index is 0.127. The van der Waals surface area contributed by atoms with Crippen LogP contribution in [-0.4, -0.2) is 23.4 Å². The van der Waals surface area contributed by atoms with E-state index in [1.54, 1.807) is 0 Å². The molecular weight excluding hydrogens is 222 g/mol. The first-order valence-electron chi connectivity index (χ1n) is 7.03. The van der Waals surface area contributed by atoms with Crippen molar-refractivity contribution in [2.24, 2.45) is 5.92 Å². The Balaban J connectivity index is 1.90. The van der Waals surface area contributed by atoms with Crippen LogP contribution in [0.1, 0.15) is 38.7 Å². The summed E-state index contributed by atoms with van der Waals surface area (Å²) in [6.07, 6.45) is 4.51. The van der Waals surface area contributed by atoms with Gasteiger partial charge in [-0.05, 0) is 31.2 Å². The van der Waals surface area contributed by atoms with Gasteiger partial charge in [0.15, 0.2) is 0 Å². The lowest BCUT2D eigenvalue weighted by molar-refractivity contribution is -0.135. The fourth-order valence-electron chi connectivity index (χ4n) is 2.74. The fraction of sp³-hybridized carbons (Fsp3) is 0.562. The molecule has 1 fully saturated rings. The van der Waals surface area contributed by atoms with Crippen LogP contribution in [0, 0.1) is 5.92 Å². The van der Waals surface area contributed by atoms with E-state index >= 15 is 0 Å². The summed E-state index contributed by atoms with van der Waals surface area (Å²) in [5, 5.41) is 0. The third kappa shape index (κ3) is 3.12. The smallest absolute Gasteiger partial charge is 0.225 e. The molecule has 1 saturated heterocycles. The number of likely N-dealkylation sites (tertiary alicyclic amines) is 1. The molecule has 1 heterocycles. The Kier molecular flexibility index (Phi) is 4.40. The molecule has 2 heteroatoms. The topological polar surface area (TPSA) is 20.3 Å². The third-order valence-corrected chi connectivity index (χ3v) is 3.76. The summed E-state index contributed by atoms with van der Waals surface area (Å²) in [5.74, 6) is 0.452. The zero-order valence-corrected chi connectivity index (χ0v) is 11.4.